The van der Waals surface area contributed by atoms with Crippen molar-refractivity contribution in [3.8, 4) is 0 Å². The third-order valence-corrected chi connectivity index (χ3v) is 6.92. The second-order valence-electron chi connectivity index (χ2n) is 6.78. The fourth-order valence-corrected chi connectivity index (χ4v) is 5.59. The van der Waals surface area contributed by atoms with E-state index in [-0.39, 0.29) is 17.7 Å². The van der Waals surface area contributed by atoms with Gasteiger partial charge < -0.3 is 4.90 Å². The van der Waals surface area contributed by atoms with Crippen molar-refractivity contribution >= 4 is 15.9 Å². The molecule has 2 heterocycles. The normalized spacial score (nSPS) is 22.9. The molecule has 5 nitrogen and oxygen atoms in total. The van der Waals surface area contributed by atoms with E-state index in [0.717, 1.165) is 44.2 Å². The van der Waals surface area contributed by atoms with Crippen molar-refractivity contribution in [3.63, 3.8) is 0 Å². The first-order valence-corrected chi connectivity index (χ1v) is 10.5. The molecule has 0 spiro atoms. The lowest BCUT2D eigenvalue weighted by atomic mass is 10.0. The SMILES string of the molecule is O=C1CCCN1CC[C@@H]1CCCCN1S(=O)(=O)Cc1ccccc1. The van der Waals surface area contributed by atoms with E-state index in [1.165, 1.54) is 0 Å². The highest BCUT2D eigenvalue weighted by atomic mass is 32.2. The predicted molar refractivity (Wildman–Crippen MR) is 93.8 cm³/mol. The molecule has 2 fully saturated rings. The molecule has 1 aromatic rings. The molecule has 2 saturated heterocycles. The van der Waals surface area contributed by atoms with Crippen LogP contribution in [0, 0.1) is 0 Å². The maximum Gasteiger partial charge on any atom is 0.222 e. The number of carbonyl (C=O) groups is 1. The minimum absolute atomic E-state index is 0.0286. The van der Waals surface area contributed by atoms with Gasteiger partial charge in [0.2, 0.25) is 15.9 Å². The van der Waals surface area contributed by atoms with E-state index in [9.17, 15) is 13.2 Å². The molecule has 2 aliphatic rings. The maximum absolute atomic E-state index is 12.9. The summed E-state index contributed by atoms with van der Waals surface area (Å²) in [6, 6.07) is 9.39. The van der Waals surface area contributed by atoms with E-state index < -0.39 is 10.0 Å². The van der Waals surface area contributed by atoms with Crippen LogP contribution in [0.2, 0.25) is 0 Å². The van der Waals surface area contributed by atoms with E-state index in [0.29, 0.717) is 19.5 Å². The lowest BCUT2D eigenvalue weighted by Gasteiger charge is -2.35. The summed E-state index contributed by atoms with van der Waals surface area (Å²) in [4.78, 5) is 13.6. The monoisotopic (exact) mass is 350 g/mol. The van der Waals surface area contributed by atoms with Crippen LogP contribution < -0.4 is 0 Å². The number of carbonyl (C=O) groups excluding carboxylic acids is 1. The van der Waals surface area contributed by atoms with Gasteiger partial charge in [0.1, 0.15) is 0 Å². The molecule has 0 bridgehead atoms. The van der Waals surface area contributed by atoms with Gasteiger partial charge in [-0.2, -0.15) is 4.31 Å². The number of amides is 1. The van der Waals surface area contributed by atoms with Gasteiger partial charge in [0, 0.05) is 32.1 Å². The number of rotatable bonds is 6. The number of likely N-dealkylation sites (tertiary alicyclic amines) is 1. The zero-order chi connectivity index (χ0) is 17.0. The number of hydrogen-bond donors (Lipinski definition) is 0. The van der Waals surface area contributed by atoms with Crippen molar-refractivity contribution in [1.29, 1.82) is 0 Å². The van der Waals surface area contributed by atoms with Crippen LogP contribution >= 0.6 is 0 Å². The van der Waals surface area contributed by atoms with Crippen molar-refractivity contribution in [2.24, 2.45) is 0 Å². The third kappa shape index (κ3) is 4.16. The summed E-state index contributed by atoms with van der Waals surface area (Å²) in [5, 5.41) is 0. The molecular weight excluding hydrogens is 324 g/mol. The minimum atomic E-state index is -3.31. The van der Waals surface area contributed by atoms with Crippen LogP contribution in [0.25, 0.3) is 0 Å². The average molecular weight is 350 g/mol. The van der Waals surface area contributed by atoms with Gasteiger partial charge >= 0.3 is 0 Å². The standard InChI is InChI=1S/C18H26N2O3S/c21-18-10-6-12-19(18)14-11-17-9-4-5-13-20(17)24(22,23)15-16-7-2-1-3-8-16/h1-3,7-8,17H,4-6,9-15H2/t17-/m0/s1. The molecule has 0 N–H and O–H groups in total. The molecular formula is C18H26N2O3S. The van der Waals surface area contributed by atoms with Crippen LogP contribution in [0.3, 0.4) is 0 Å². The molecule has 6 heteroatoms. The Morgan fingerprint density at radius 3 is 2.54 bits per heavy atom. The van der Waals surface area contributed by atoms with Crippen LogP contribution in [0.1, 0.15) is 44.1 Å². The van der Waals surface area contributed by atoms with Gasteiger partial charge in [0.25, 0.3) is 0 Å². The fraction of sp³-hybridized carbons (Fsp3) is 0.611. The molecule has 0 unspecified atom stereocenters. The molecule has 1 atom stereocenters. The fourth-order valence-electron chi connectivity index (χ4n) is 3.74. The highest BCUT2D eigenvalue weighted by molar-refractivity contribution is 7.88. The molecule has 0 radical (unpaired) electrons. The number of nitrogens with zero attached hydrogens (tertiary/aromatic N) is 2. The van der Waals surface area contributed by atoms with Crippen molar-refractivity contribution in [1.82, 2.24) is 9.21 Å². The van der Waals surface area contributed by atoms with Crippen molar-refractivity contribution in [2.75, 3.05) is 19.6 Å². The lowest BCUT2D eigenvalue weighted by molar-refractivity contribution is -0.127. The topological polar surface area (TPSA) is 57.7 Å². The molecule has 0 saturated carbocycles. The first-order valence-electron chi connectivity index (χ1n) is 8.87. The summed E-state index contributed by atoms with van der Waals surface area (Å²) in [5.74, 6) is 0.275. The van der Waals surface area contributed by atoms with Gasteiger partial charge in [-0.15, -0.1) is 0 Å². The first kappa shape index (κ1) is 17.4. The van der Waals surface area contributed by atoms with Crippen molar-refractivity contribution < 1.29 is 13.2 Å². The predicted octanol–water partition coefficient (Wildman–Crippen LogP) is 2.38. The average Bonchev–Trinajstić information content (AvgIpc) is 2.99. The first-order chi connectivity index (χ1) is 11.6. The zero-order valence-corrected chi connectivity index (χ0v) is 14.9. The second-order valence-corrected chi connectivity index (χ2v) is 8.70. The summed E-state index contributed by atoms with van der Waals surface area (Å²) in [6.07, 6.45) is 5.21. The smallest absolute Gasteiger partial charge is 0.222 e. The van der Waals surface area contributed by atoms with Crippen LogP contribution in [-0.4, -0.2) is 49.2 Å². The summed E-state index contributed by atoms with van der Waals surface area (Å²) >= 11 is 0. The third-order valence-electron chi connectivity index (χ3n) is 5.03. The van der Waals surface area contributed by atoms with Gasteiger partial charge in [0.05, 0.1) is 5.75 Å². The Bertz CT molecular complexity index is 660. The van der Waals surface area contributed by atoms with Crippen LogP contribution in [0.15, 0.2) is 30.3 Å². The second kappa shape index (κ2) is 7.66. The molecule has 1 aromatic carbocycles. The number of hydrogen-bond acceptors (Lipinski definition) is 3. The van der Waals surface area contributed by atoms with Gasteiger partial charge in [-0.05, 0) is 31.2 Å². The summed E-state index contributed by atoms with van der Waals surface area (Å²) in [5.41, 5.74) is 0.830. The molecule has 2 aliphatic heterocycles. The number of piperidine rings is 1. The van der Waals surface area contributed by atoms with E-state index in [4.69, 9.17) is 0 Å². The highest BCUT2D eigenvalue weighted by Gasteiger charge is 2.33. The highest BCUT2D eigenvalue weighted by Crippen LogP contribution is 2.25. The van der Waals surface area contributed by atoms with E-state index >= 15 is 0 Å². The van der Waals surface area contributed by atoms with Crippen molar-refractivity contribution in [3.05, 3.63) is 35.9 Å². The Labute approximate surface area is 144 Å². The van der Waals surface area contributed by atoms with Gasteiger partial charge in [-0.3, -0.25) is 4.79 Å². The molecule has 1 amide bonds. The summed E-state index contributed by atoms with van der Waals surface area (Å²) in [7, 11) is -3.31. The van der Waals surface area contributed by atoms with E-state index in [2.05, 4.69) is 0 Å². The zero-order valence-electron chi connectivity index (χ0n) is 14.1. The molecule has 0 aromatic heterocycles. The Balaban J connectivity index is 1.65. The van der Waals surface area contributed by atoms with Crippen LogP contribution in [0.4, 0.5) is 0 Å². The largest absolute Gasteiger partial charge is 0.343 e. The van der Waals surface area contributed by atoms with Gasteiger partial charge in [0.15, 0.2) is 0 Å². The lowest BCUT2D eigenvalue weighted by Crippen LogP contribution is -2.45. The minimum Gasteiger partial charge on any atom is -0.343 e. The summed E-state index contributed by atoms with van der Waals surface area (Å²) in [6.45, 7) is 2.11. The Morgan fingerprint density at radius 1 is 1.04 bits per heavy atom. The summed E-state index contributed by atoms with van der Waals surface area (Å²) < 4.78 is 27.4. The molecule has 3 rings (SSSR count). The van der Waals surface area contributed by atoms with E-state index in [1.807, 2.05) is 35.2 Å². The Kier molecular flexibility index (Phi) is 5.56. The Hall–Kier alpha value is -1.40. The van der Waals surface area contributed by atoms with Gasteiger partial charge in [-0.25, -0.2) is 8.42 Å². The maximum atomic E-state index is 12.9. The van der Waals surface area contributed by atoms with Gasteiger partial charge in [-0.1, -0.05) is 36.8 Å². The van der Waals surface area contributed by atoms with E-state index in [1.54, 1.807) is 4.31 Å². The van der Waals surface area contributed by atoms with Crippen molar-refractivity contribution in [2.45, 2.75) is 50.3 Å². The Morgan fingerprint density at radius 2 is 1.83 bits per heavy atom. The molecule has 0 aliphatic carbocycles. The number of sulfonamides is 1. The number of benzene rings is 1. The van der Waals surface area contributed by atoms with Crippen LogP contribution in [0.5, 0.6) is 0 Å². The molecule has 24 heavy (non-hydrogen) atoms. The molecule has 132 valence electrons. The van der Waals surface area contributed by atoms with Crippen LogP contribution in [-0.2, 0) is 20.6 Å². The quantitative estimate of drug-likeness (QED) is 0.791.